The fourth-order valence-electron chi connectivity index (χ4n) is 3.79. The number of pyridine rings is 1. The lowest BCUT2D eigenvalue weighted by molar-refractivity contribution is 0.280. The van der Waals surface area contributed by atoms with Crippen molar-refractivity contribution in [3.05, 3.63) is 60.9 Å². The van der Waals surface area contributed by atoms with Gasteiger partial charge in [-0.3, -0.25) is 4.98 Å². The van der Waals surface area contributed by atoms with Crippen LogP contribution in [0.25, 0.3) is 21.8 Å². The van der Waals surface area contributed by atoms with Gasteiger partial charge in [0.1, 0.15) is 17.3 Å². The summed E-state index contributed by atoms with van der Waals surface area (Å²) < 4.78 is 33.9. The van der Waals surface area contributed by atoms with Gasteiger partial charge in [-0.05, 0) is 43.7 Å². The summed E-state index contributed by atoms with van der Waals surface area (Å²) in [5, 5.41) is 9.02. The molecule has 29 heavy (non-hydrogen) atoms. The van der Waals surface area contributed by atoms with Crippen LogP contribution in [0, 0.1) is 0 Å². The summed E-state index contributed by atoms with van der Waals surface area (Å²) in [7, 11) is -3.92. The van der Waals surface area contributed by atoms with E-state index in [-0.39, 0.29) is 4.90 Å². The van der Waals surface area contributed by atoms with Crippen molar-refractivity contribution < 1.29 is 13.2 Å². The van der Waals surface area contributed by atoms with Crippen molar-refractivity contribution in [2.24, 2.45) is 0 Å². The largest absolute Gasteiger partial charge is 0.491 e. The molecule has 0 amide bonds. The Morgan fingerprint density at radius 1 is 1.14 bits per heavy atom. The van der Waals surface area contributed by atoms with Gasteiger partial charge in [0.2, 0.25) is 0 Å². The fraction of sp³-hybridized carbons (Fsp3) is 0.238. The molecule has 1 aliphatic heterocycles. The third-order valence-electron chi connectivity index (χ3n) is 5.24. The number of para-hydroxylation sites is 1. The molecule has 0 saturated carbocycles. The normalized spacial score (nSPS) is 17.2. The number of aromatic nitrogens is 3. The van der Waals surface area contributed by atoms with Crippen LogP contribution in [-0.4, -0.2) is 41.8 Å². The van der Waals surface area contributed by atoms with Crippen molar-refractivity contribution in [3.63, 3.8) is 0 Å². The van der Waals surface area contributed by atoms with Gasteiger partial charge < -0.3 is 10.1 Å². The maximum atomic E-state index is 13.4. The van der Waals surface area contributed by atoms with Crippen LogP contribution in [0.2, 0.25) is 0 Å². The van der Waals surface area contributed by atoms with Gasteiger partial charge in [0, 0.05) is 17.6 Å². The molecule has 0 unspecified atom stereocenters. The van der Waals surface area contributed by atoms with E-state index in [0.717, 1.165) is 28.9 Å². The Kier molecular flexibility index (Phi) is 4.44. The van der Waals surface area contributed by atoms with Gasteiger partial charge in [0.25, 0.3) is 10.0 Å². The zero-order chi connectivity index (χ0) is 19.8. The summed E-state index contributed by atoms with van der Waals surface area (Å²) in [4.78, 5) is 4.40. The minimum atomic E-state index is -3.92. The number of nitrogens with one attached hydrogen (secondary N) is 1. The first-order valence-corrected chi connectivity index (χ1v) is 11.0. The van der Waals surface area contributed by atoms with Gasteiger partial charge in [0.05, 0.1) is 22.6 Å². The Bertz CT molecular complexity index is 1290. The number of nitrogens with zero attached hydrogens (tertiary/aromatic N) is 3. The lowest BCUT2D eigenvalue weighted by atomic mass is 10.2. The number of rotatable bonds is 5. The Labute approximate surface area is 168 Å². The second-order valence-electron chi connectivity index (χ2n) is 7.12. The molecule has 0 bridgehead atoms. The van der Waals surface area contributed by atoms with Gasteiger partial charge in [-0.25, -0.2) is 0 Å². The van der Waals surface area contributed by atoms with E-state index < -0.39 is 10.0 Å². The molecule has 0 aliphatic carbocycles. The standard InChI is InChI=1S/C21H20N4O3S/c26-29(27,20-10-1-5-15-6-3-12-23-21(15)20)25-18-8-2-9-19(17(18)13-24-25)28-14-16-7-4-11-22-16/h1-3,5-6,8-10,12-13,16,22H,4,7,11,14H2/t16-/m0/s1. The number of fused-ring (bicyclic) bond motifs is 2. The molecule has 0 radical (unpaired) electrons. The summed E-state index contributed by atoms with van der Waals surface area (Å²) in [6, 6.07) is 14.4. The summed E-state index contributed by atoms with van der Waals surface area (Å²) >= 11 is 0. The average molecular weight is 408 g/mol. The summed E-state index contributed by atoms with van der Waals surface area (Å²) in [5.41, 5.74) is 0.910. The number of ether oxygens (including phenoxy) is 1. The highest BCUT2D eigenvalue weighted by Gasteiger charge is 2.24. The molecule has 1 fully saturated rings. The molecule has 0 spiro atoms. The smallest absolute Gasteiger partial charge is 0.285 e. The minimum Gasteiger partial charge on any atom is -0.491 e. The van der Waals surface area contributed by atoms with Gasteiger partial charge in [0.15, 0.2) is 0 Å². The van der Waals surface area contributed by atoms with E-state index in [9.17, 15) is 8.42 Å². The van der Waals surface area contributed by atoms with E-state index in [1.165, 1.54) is 0 Å². The molecular weight excluding hydrogens is 388 g/mol. The molecule has 1 aliphatic rings. The molecule has 1 atom stereocenters. The molecular formula is C21H20N4O3S. The van der Waals surface area contributed by atoms with E-state index in [4.69, 9.17) is 4.74 Å². The van der Waals surface area contributed by atoms with E-state index >= 15 is 0 Å². The highest BCUT2D eigenvalue weighted by molar-refractivity contribution is 7.90. The molecule has 2 aromatic heterocycles. The number of hydrogen-bond donors (Lipinski definition) is 1. The van der Waals surface area contributed by atoms with Crippen LogP contribution in [0.5, 0.6) is 5.75 Å². The quantitative estimate of drug-likeness (QED) is 0.546. The van der Waals surface area contributed by atoms with Gasteiger partial charge in [-0.1, -0.05) is 24.3 Å². The Balaban J connectivity index is 1.57. The predicted molar refractivity (Wildman–Crippen MR) is 111 cm³/mol. The summed E-state index contributed by atoms with van der Waals surface area (Å²) in [6.45, 7) is 1.55. The zero-order valence-electron chi connectivity index (χ0n) is 15.7. The Morgan fingerprint density at radius 2 is 2.00 bits per heavy atom. The SMILES string of the molecule is O=S(=O)(c1cccc2cccnc12)n1ncc2c(OC[C@@H]3CCCN3)cccc21. The van der Waals surface area contributed by atoms with E-state index in [1.807, 2.05) is 18.2 Å². The van der Waals surface area contributed by atoms with Gasteiger partial charge in [-0.2, -0.15) is 17.6 Å². The molecule has 8 heteroatoms. The maximum Gasteiger partial charge on any atom is 0.285 e. The highest BCUT2D eigenvalue weighted by Crippen LogP contribution is 2.30. The number of benzene rings is 2. The molecule has 3 heterocycles. The van der Waals surface area contributed by atoms with Gasteiger partial charge >= 0.3 is 0 Å². The zero-order valence-corrected chi connectivity index (χ0v) is 16.5. The monoisotopic (exact) mass is 408 g/mol. The van der Waals surface area contributed by atoms with Crippen LogP contribution in [0.1, 0.15) is 12.8 Å². The molecule has 1 saturated heterocycles. The van der Waals surface area contributed by atoms with Crippen molar-refractivity contribution >= 4 is 31.8 Å². The van der Waals surface area contributed by atoms with E-state index in [2.05, 4.69) is 15.4 Å². The van der Waals surface area contributed by atoms with Crippen molar-refractivity contribution in [1.29, 1.82) is 0 Å². The molecule has 1 N–H and O–H groups in total. The second kappa shape index (κ2) is 7.13. The highest BCUT2D eigenvalue weighted by atomic mass is 32.2. The molecule has 148 valence electrons. The van der Waals surface area contributed by atoms with Crippen molar-refractivity contribution in [1.82, 2.24) is 19.5 Å². The van der Waals surface area contributed by atoms with E-state index in [0.29, 0.717) is 34.8 Å². The minimum absolute atomic E-state index is 0.127. The molecule has 2 aromatic carbocycles. The molecule has 5 rings (SSSR count). The van der Waals surface area contributed by atoms with Crippen molar-refractivity contribution in [3.8, 4) is 5.75 Å². The Hall–Kier alpha value is -2.97. The Morgan fingerprint density at radius 3 is 2.86 bits per heavy atom. The van der Waals surface area contributed by atoms with Crippen LogP contribution in [0.15, 0.2) is 65.8 Å². The van der Waals surface area contributed by atoms with Crippen LogP contribution in [-0.2, 0) is 10.0 Å². The first kappa shape index (κ1) is 18.1. The number of hydrogen-bond acceptors (Lipinski definition) is 6. The average Bonchev–Trinajstić information content (AvgIpc) is 3.42. The first-order chi connectivity index (χ1) is 14.1. The van der Waals surface area contributed by atoms with Crippen LogP contribution in [0.3, 0.4) is 0 Å². The summed E-state index contributed by atoms with van der Waals surface area (Å²) in [6.07, 6.45) is 5.36. The van der Waals surface area contributed by atoms with Crippen molar-refractivity contribution in [2.75, 3.05) is 13.2 Å². The first-order valence-electron chi connectivity index (χ1n) is 9.57. The van der Waals surface area contributed by atoms with Gasteiger partial charge in [-0.15, -0.1) is 0 Å². The third kappa shape index (κ3) is 3.14. The predicted octanol–water partition coefficient (Wildman–Crippen LogP) is 2.95. The van der Waals surface area contributed by atoms with Crippen molar-refractivity contribution in [2.45, 2.75) is 23.8 Å². The topological polar surface area (TPSA) is 86.1 Å². The molecule has 7 nitrogen and oxygen atoms in total. The lowest BCUT2D eigenvalue weighted by Gasteiger charge is -2.13. The summed E-state index contributed by atoms with van der Waals surface area (Å²) in [5.74, 6) is 0.633. The molecule has 4 aromatic rings. The third-order valence-corrected chi connectivity index (χ3v) is 6.88. The van der Waals surface area contributed by atoms with Crippen LogP contribution in [0.4, 0.5) is 0 Å². The second-order valence-corrected chi connectivity index (χ2v) is 8.85. The fourth-order valence-corrected chi connectivity index (χ4v) is 5.23. The maximum absolute atomic E-state index is 13.4. The van der Waals surface area contributed by atoms with E-state index in [1.54, 1.807) is 42.7 Å². The van der Waals surface area contributed by atoms with Crippen LogP contribution >= 0.6 is 0 Å². The lowest BCUT2D eigenvalue weighted by Crippen LogP contribution is -2.28. The van der Waals surface area contributed by atoms with Crippen LogP contribution < -0.4 is 10.1 Å².